The van der Waals surface area contributed by atoms with E-state index in [9.17, 15) is 10.1 Å². The van der Waals surface area contributed by atoms with Crippen molar-refractivity contribution in [2.24, 2.45) is 12.1 Å². The van der Waals surface area contributed by atoms with E-state index < -0.39 is 0 Å². The van der Waals surface area contributed by atoms with E-state index in [2.05, 4.69) is 32.2 Å². The van der Waals surface area contributed by atoms with Crippen LogP contribution in [0, 0.1) is 11.3 Å². The van der Waals surface area contributed by atoms with Crippen molar-refractivity contribution in [1.82, 2.24) is 9.78 Å². The number of rotatable bonds is 2. The Labute approximate surface area is 155 Å². The monoisotopic (exact) mass is 421 g/mol. The lowest BCUT2D eigenvalue weighted by atomic mass is 10.1. The molecular formula is C15H12BrN5OS2. The topological polar surface area (TPSA) is 74.3 Å². The summed E-state index contributed by atoms with van der Waals surface area (Å²) in [4.78, 5) is 12.9. The molecule has 0 radical (unpaired) electrons. The fourth-order valence-electron chi connectivity index (χ4n) is 2.10. The summed E-state index contributed by atoms with van der Waals surface area (Å²) in [5.41, 5.74) is 2.13. The Bertz CT molecular complexity index is 934. The molecule has 9 heteroatoms. The molecule has 0 spiro atoms. The van der Waals surface area contributed by atoms with Gasteiger partial charge in [-0.2, -0.15) is 15.5 Å². The predicted molar refractivity (Wildman–Crippen MR) is 101 cm³/mol. The van der Waals surface area contributed by atoms with Crippen LogP contribution >= 0.6 is 39.5 Å². The SMILES string of the molecule is CN1N=C(SCc2ccc(Br)cc2C#N)Sc2c1cnn(C)c2=O. The number of fused-ring (bicyclic) bond motifs is 1. The number of nitriles is 1. The second-order valence-corrected chi connectivity index (χ2v) is 8.12. The number of hydrogen-bond acceptors (Lipinski definition) is 7. The first-order chi connectivity index (χ1) is 11.5. The molecule has 3 rings (SSSR count). The Morgan fingerprint density at radius 1 is 1.42 bits per heavy atom. The van der Waals surface area contributed by atoms with Crippen LogP contribution in [0.2, 0.25) is 0 Å². The van der Waals surface area contributed by atoms with Crippen LogP contribution in [0.5, 0.6) is 0 Å². The number of nitrogens with zero attached hydrogens (tertiary/aromatic N) is 5. The van der Waals surface area contributed by atoms with Crippen molar-refractivity contribution in [3.8, 4) is 6.07 Å². The lowest BCUT2D eigenvalue weighted by molar-refractivity contribution is 0.684. The number of thioether (sulfide) groups is 2. The zero-order valence-electron chi connectivity index (χ0n) is 12.9. The number of halogens is 1. The third-order valence-corrected chi connectivity index (χ3v) is 6.11. The van der Waals surface area contributed by atoms with Crippen molar-refractivity contribution in [1.29, 1.82) is 5.26 Å². The van der Waals surface area contributed by atoms with Crippen molar-refractivity contribution < 1.29 is 0 Å². The zero-order chi connectivity index (χ0) is 17.3. The average molecular weight is 422 g/mol. The first-order valence-corrected chi connectivity index (χ1v) is 9.47. The maximum absolute atomic E-state index is 12.3. The molecule has 1 aliphatic rings. The Morgan fingerprint density at radius 2 is 2.21 bits per heavy atom. The summed E-state index contributed by atoms with van der Waals surface area (Å²) in [7, 11) is 3.42. The highest BCUT2D eigenvalue weighted by Crippen LogP contribution is 2.36. The largest absolute Gasteiger partial charge is 0.282 e. The molecule has 1 aromatic heterocycles. The Hall–Kier alpha value is -1.76. The maximum Gasteiger partial charge on any atom is 0.282 e. The third kappa shape index (κ3) is 3.36. The zero-order valence-corrected chi connectivity index (χ0v) is 16.1. The number of benzene rings is 1. The summed E-state index contributed by atoms with van der Waals surface area (Å²) in [6, 6.07) is 7.84. The number of anilines is 1. The van der Waals surface area contributed by atoms with Crippen LogP contribution in [0.15, 0.2) is 43.7 Å². The van der Waals surface area contributed by atoms with Crippen LogP contribution in [-0.4, -0.2) is 21.2 Å². The van der Waals surface area contributed by atoms with E-state index in [1.807, 2.05) is 12.1 Å². The van der Waals surface area contributed by atoms with Crippen LogP contribution in [0.1, 0.15) is 11.1 Å². The van der Waals surface area contributed by atoms with Crippen LogP contribution in [0.25, 0.3) is 0 Å². The van der Waals surface area contributed by atoms with Gasteiger partial charge in [-0.15, -0.1) is 0 Å². The van der Waals surface area contributed by atoms with Gasteiger partial charge in [-0.3, -0.25) is 9.80 Å². The van der Waals surface area contributed by atoms with Gasteiger partial charge in [0.25, 0.3) is 5.56 Å². The summed E-state index contributed by atoms with van der Waals surface area (Å²) < 4.78 is 2.96. The second-order valence-electron chi connectivity index (χ2n) is 4.98. The van der Waals surface area contributed by atoms with E-state index in [0.29, 0.717) is 21.9 Å². The van der Waals surface area contributed by atoms with Crippen molar-refractivity contribution >= 4 is 49.5 Å². The molecular weight excluding hydrogens is 410 g/mol. The average Bonchev–Trinajstić information content (AvgIpc) is 2.57. The molecule has 0 bridgehead atoms. The van der Waals surface area contributed by atoms with Crippen LogP contribution < -0.4 is 10.6 Å². The highest BCUT2D eigenvalue weighted by molar-refractivity contribution is 9.10. The van der Waals surface area contributed by atoms with Crippen molar-refractivity contribution in [2.75, 3.05) is 12.1 Å². The first kappa shape index (κ1) is 17.1. The van der Waals surface area contributed by atoms with Gasteiger partial charge >= 0.3 is 0 Å². The van der Waals surface area contributed by atoms with Crippen molar-refractivity contribution in [3.63, 3.8) is 0 Å². The molecule has 24 heavy (non-hydrogen) atoms. The molecule has 0 amide bonds. The van der Waals surface area contributed by atoms with Crippen molar-refractivity contribution in [2.45, 2.75) is 10.6 Å². The quantitative estimate of drug-likeness (QED) is 0.740. The van der Waals surface area contributed by atoms with E-state index in [1.54, 1.807) is 31.4 Å². The molecule has 0 atom stereocenters. The predicted octanol–water partition coefficient (Wildman–Crippen LogP) is 3.16. The minimum absolute atomic E-state index is 0.140. The van der Waals surface area contributed by atoms with Gasteiger partial charge in [0.15, 0.2) is 4.38 Å². The summed E-state index contributed by atoms with van der Waals surface area (Å²) in [6.45, 7) is 0. The Balaban J connectivity index is 1.82. The van der Waals surface area contributed by atoms with Crippen LogP contribution in [-0.2, 0) is 12.8 Å². The van der Waals surface area contributed by atoms with Gasteiger partial charge in [-0.25, -0.2) is 4.68 Å². The van der Waals surface area contributed by atoms with E-state index in [-0.39, 0.29) is 5.56 Å². The van der Waals surface area contributed by atoms with E-state index in [4.69, 9.17) is 0 Å². The minimum Gasteiger partial charge on any atom is -0.266 e. The number of aryl methyl sites for hydroxylation is 1. The normalized spacial score (nSPS) is 13.2. The fraction of sp³-hybridized carbons (Fsp3) is 0.200. The van der Waals surface area contributed by atoms with E-state index >= 15 is 0 Å². The molecule has 0 saturated heterocycles. The summed E-state index contributed by atoms with van der Waals surface area (Å²) >= 11 is 6.22. The Morgan fingerprint density at radius 3 is 2.96 bits per heavy atom. The number of hydrazone groups is 1. The van der Waals surface area contributed by atoms with Gasteiger partial charge in [0.2, 0.25) is 0 Å². The van der Waals surface area contributed by atoms with Gasteiger partial charge < -0.3 is 0 Å². The van der Waals surface area contributed by atoms with Crippen LogP contribution in [0.3, 0.4) is 0 Å². The van der Waals surface area contributed by atoms with Gasteiger partial charge in [-0.05, 0) is 17.7 Å². The molecule has 2 heterocycles. The minimum atomic E-state index is -0.140. The molecule has 1 aromatic carbocycles. The van der Waals surface area contributed by atoms with E-state index in [1.165, 1.54) is 28.2 Å². The number of aromatic nitrogens is 2. The molecule has 0 N–H and O–H groups in total. The lowest BCUT2D eigenvalue weighted by Crippen LogP contribution is -2.27. The molecule has 0 unspecified atom stereocenters. The van der Waals surface area contributed by atoms with E-state index in [0.717, 1.165) is 14.4 Å². The highest BCUT2D eigenvalue weighted by Gasteiger charge is 2.22. The molecule has 0 aliphatic carbocycles. The molecule has 122 valence electrons. The standard InChI is InChI=1S/C15H12BrN5OS2/c1-20-12-7-18-21(2)14(22)13(12)24-15(19-20)23-8-9-3-4-11(16)5-10(9)6-17/h3-5,7H,8H2,1-2H3. The Kier molecular flexibility index (Phi) is 4.99. The summed E-state index contributed by atoms with van der Waals surface area (Å²) in [5, 5.41) is 19.4. The summed E-state index contributed by atoms with van der Waals surface area (Å²) in [5.74, 6) is 0.608. The first-order valence-electron chi connectivity index (χ1n) is 6.87. The van der Waals surface area contributed by atoms with Crippen molar-refractivity contribution in [3.05, 3.63) is 50.3 Å². The van der Waals surface area contributed by atoms with Crippen LogP contribution in [0.4, 0.5) is 5.69 Å². The van der Waals surface area contributed by atoms with Gasteiger partial charge in [0, 0.05) is 24.3 Å². The maximum atomic E-state index is 12.3. The molecule has 1 aliphatic heterocycles. The molecule has 0 saturated carbocycles. The molecule has 2 aromatic rings. The third-order valence-electron chi connectivity index (χ3n) is 3.39. The lowest BCUT2D eigenvalue weighted by Gasteiger charge is -2.22. The smallest absolute Gasteiger partial charge is 0.266 e. The van der Waals surface area contributed by atoms with Gasteiger partial charge in [0.05, 0.1) is 23.5 Å². The van der Waals surface area contributed by atoms with Gasteiger partial charge in [-0.1, -0.05) is 45.5 Å². The number of hydrogen-bond donors (Lipinski definition) is 0. The summed E-state index contributed by atoms with van der Waals surface area (Å²) in [6.07, 6.45) is 1.64. The van der Waals surface area contributed by atoms with Gasteiger partial charge in [0.1, 0.15) is 4.90 Å². The molecule has 0 fully saturated rings. The molecule has 6 nitrogen and oxygen atoms in total. The fourth-order valence-corrected chi connectivity index (χ4v) is 4.68. The second kappa shape index (κ2) is 7.01. The highest BCUT2D eigenvalue weighted by atomic mass is 79.9.